The van der Waals surface area contributed by atoms with Crippen LogP contribution < -0.4 is 0 Å². The standard InChI is InChI=1S/C8H12B2F4N4O4/c1-5-6(2)16-20-10(13,14)22-18-8(4)7(3)17-21-9(11,12)19-15-5/h1-4H3/q-2/b15-5+,16-6+,17-7+,18-8+. The largest absolute Gasteiger partial charge is 0.766 e. The monoisotopic (exact) mass is 326 g/mol. The van der Waals surface area contributed by atoms with E-state index in [0.717, 1.165) is 0 Å². The van der Waals surface area contributed by atoms with Gasteiger partial charge >= 0.3 is 14.2 Å². The molecule has 0 aromatic rings. The Morgan fingerprint density at radius 3 is 0.909 bits per heavy atom. The third-order valence-corrected chi connectivity index (χ3v) is 2.30. The number of hydrogen-bond acceptors (Lipinski definition) is 8. The Hall–Kier alpha value is -2.27. The first-order valence-electron chi connectivity index (χ1n) is 5.94. The van der Waals surface area contributed by atoms with Gasteiger partial charge in [-0.05, 0) is 27.7 Å². The lowest BCUT2D eigenvalue weighted by molar-refractivity contribution is 0.0899. The van der Waals surface area contributed by atoms with E-state index in [9.17, 15) is 17.3 Å². The molecule has 0 bridgehead atoms. The second kappa shape index (κ2) is 6.66. The van der Waals surface area contributed by atoms with Crippen LogP contribution in [0.1, 0.15) is 27.7 Å². The van der Waals surface area contributed by atoms with Crippen LogP contribution in [0.5, 0.6) is 0 Å². The van der Waals surface area contributed by atoms with Crippen molar-refractivity contribution in [3.8, 4) is 0 Å². The van der Waals surface area contributed by atoms with Gasteiger partial charge in [-0.2, -0.15) is 0 Å². The lowest BCUT2D eigenvalue weighted by Gasteiger charge is -2.23. The van der Waals surface area contributed by atoms with Gasteiger partial charge in [0, 0.05) is 0 Å². The molecule has 14 heteroatoms. The highest BCUT2D eigenvalue weighted by Crippen LogP contribution is 2.15. The van der Waals surface area contributed by atoms with Crippen LogP contribution in [0.3, 0.4) is 0 Å². The highest BCUT2D eigenvalue weighted by Gasteiger charge is 2.36. The fourth-order valence-corrected chi connectivity index (χ4v) is 0.864. The van der Waals surface area contributed by atoms with Crippen molar-refractivity contribution in [2.24, 2.45) is 20.6 Å². The molecule has 0 saturated heterocycles. The van der Waals surface area contributed by atoms with Crippen molar-refractivity contribution in [2.75, 3.05) is 0 Å². The minimum absolute atomic E-state index is 0.241. The number of rotatable bonds is 0. The van der Waals surface area contributed by atoms with Crippen molar-refractivity contribution >= 4 is 37.1 Å². The SMILES string of the molecule is CC1=N\O[B-](F)(F)O/N=C(C)/C(C)=N/O[B-](F)(F)O\N=C\1C. The predicted octanol–water partition coefficient (Wildman–Crippen LogP) is 2.32. The summed E-state index contributed by atoms with van der Waals surface area (Å²) in [7, 11) is -9.71. The second-order valence-corrected chi connectivity index (χ2v) is 4.20. The molecule has 0 fully saturated rings. The quantitative estimate of drug-likeness (QED) is 0.505. The van der Waals surface area contributed by atoms with E-state index < -0.39 is 14.2 Å². The zero-order valence-electron chi connectivity index (χ0n) is 12.1. The van der Waals surface area contributed by atoms with Crippen molar-refractivity contribution < 1.29 is 36.3 Å². The number of halogens is 4. The Morgan fingerprint density at radius 1 is 0.545 bits per heavy atom. The minimum Gasteiger partial charge on any atom is -0.519 e. The molecule has 1 heterocycles. The average molecular weight is 326 g/mol. The molecule has 0 atom stereocenters. The molecule has 8 nitrogen and oxygen atoms in total. The van der Waals surface area contributed by atoms with Crippen LogP contribution in [0.2, 0.25) is 0 Å². The van der Waals surface area contributed by atoms with E-state index in [0.29, 0.717) is 0 Å². The first kappa shape index (κ1) is 17.8. The van der Waals surface area contributed by atoms with Gasteiger partial charge in [0.2, 0.25) is 0 Å². The summed E-state index contributed by atoms with van der Waals surface area (Å²) in [6.07, 6.45) is 0. The van der Waals surface area contributed by atoms with Crippen LogP contribution in [0.25, 0.3) is 0 Å². The summed E-state index contributed by atoms with van der Waals surface area (Å²) in [6.45, 7) is 4.73. The number of hydrogen-bond donors (Lipinski definition) is 0. The van der Waals surface area contributed by atoms with Crippen molar-refractivity contribution in [2.45, 2.75) is 27.7 Å². The maximum Gasteiger partial charge on any atom is 0.766 e. The molecule has 1 rings (SSSR count). The smallest absolute Gasteiger partial charge is 0.519 e. The minimum atomic E-state index is -4.85. The van der Waals surface area contributed by atoms with E-state index in [4.69, 9.17) is 0 Å². The Morgan fingerprint density at radius 2 is 0.727 bits per heavy atom. The van der Waals surface area contributed by atoms with Gasteiger partial charge in [0.1, 0.15) is 0 Å². The van der Waals surface area contributed by atoms with E-state index in [1.54, 1.807) is 0 Å². The van der Waals surface area contributed by atoms with Gasteiger partial charge in [-0.25, -0.2) is 0 Å². The first-order valence-corrected chi connectivity index (χ1v) is 5.94. The molecule has 0 saturated carbocycles. The third kappa shape index (κ3) is 5.61. The summed E-state index contributed by atoms with van der Waals surface area (Å²) in [4.78, 5) is 0. The topological polar surface area (TPSA) is 86.4 Å². The summed E-state index contributed by atoms with van der Waals surface area (Å²) in [5.74, 6) is 0. The molecule has 0 amide bonds. The van der Waals surface area contributed by atoms with E-state index in [1.807, 2.05) is 0 Å². The number of oxime groups is 4. The average Bonchev–Trinajstić information content (AvgIpc) is 2.45. The van der Waals surface area contributed by atoms with Crippen LogP contribution >= 0.6 is 0 Å². The second-order valence-electron chi connectivity index (χ2n) is 4.20. The van der Waals surface area contributed by atoms with E-state index in [1.165, 1.54) is 27.7 Å². The normalized spacial score (nSPS) is 31.6. The molecule has 0 unspecified atom stereocenters. The zero-order chi connectivity index (χ0) is 17.0. The molecule has 1 aliphatic rings. The van der Waals surface area contributed by atoms with Gasteiger partial charge in [-0.3, -0.25) is 0 Å². The predicted molar refractivity (Wildman–Crippen MR) is 72.7 cm³/mol. The molecule has 0 aromatic carbocycles. The molecule has 0 aromatic heterocycles. The van der Waals surface area contributed by atoms with Crippen molar-refractivity contribution in [1.29, 1.82) is 0 Å². The van der Waals surface area contributed by atoms with Crippen LogP contribution in [0.15, 0.2) is 20.6 Å². The van der Waals surface area contributed by atoms with E-state index in [2.05, 4.69) is 39.6 Å². The molecule has 0 radical (unpaired) electrons. The van der Waals surface area contributed by atoms with Crippen molar-refractivity contribution in [3.63, 3.8) is 0 Å². The Balaban J connectivity index is 3.14. The lowest BCUT2D eigenvalue weighted by Crippen LogP contribution is -2.31. The van der Waals surface area contributed by atoms with Crippen molar-refractivity contribution in [3.05, 3.63) is 0 Å². The van der Waals surface area contributed by atoms with Gasteiger partial charge in [-0.15, -0.1) is 20.6 Å². The molecular weight excluding hydrogens is 314 g/mol. The number of nitrogens with zero attached hydrogens (tertiary/aromatic N) is 4. The molecule has 22 heavy (non-hydrogen) atoms. The van der Waals surface area contributed by atoms with Gasteiger partial charge in [0.25, 0.3) is 0 Å². The highest BCUT2D eigenvalue weighted by molar-refractivity contribution is 6.53. The maximum atomic E-state index is 13.2. The van der Waals surface area contributed by atoms with Crippen LogP contribution in [0, 0.1) is 0 Å². The van der Waals surface area contributed by atoms with Crippen LogP contribution in [0.4, 0.5) is 17.3 Å². The maximum absolute atomic E-state index is 13.2. The summed E-state index contributed by atoms with van der Waals surface area (Å²) >= 11 is 0. The molecular formula is C8H12B2F4N4O4-2. The summed E-state index contributed by atoms with van der Waals surface area (Å²) in [6, 6.07) is 0. The summed E-state index contributed by atoms with van der Waals surface area (Å²) in [5, 5.41) is 12.1. The van der Waals surface area contributed by atoms with E-state index in [-0.39, 0.29) is 22.8 Å². The summed E-state index contributed by atoms with van der Waals surface area (Å²) in [5.41, 5.74) is -0.966. The summed E-state index contributed by atoms with van der Waals surface area (Å²) < 4.78 is 68.5. The first-order chi connectivity index (χ1) is 10.0. The Labute approximate surface area is 122 Å². The molecule has 0 spiro atoms. The van der Waals surface area contributed by atoms with Gasteiger partial charge in [-0.1, -0.05) is 0 Å². The van der Waals surface area contributed by atoms with Crippen molar-refractivity contribution in [1.82, 2.24) is 0 Å². The third-order valence-electron chi connectivity index (χ3n) is 2.30. The van der Waals surface area contributed by atoms with Crippen LogP contribution in [-0.2, 0) is 19.0 Å². The van der Waals surface area contributed by atoms with Gasteiger partial charge < -0.3 is 36.3 Å². The van der Waals surface area contributed by atoms with Crippen LogP contribution in [-0.4, -0.2) is 37.1 Å². The lowest BCUT2D eigenvalue weighted by atomic mass is 10.2. The zero-order valence-corrected chi connectivity index (χ0v) is 12.1. The molecule has 0 N–H and O–H groups in total. The highest BCUT2D eigenvalue weighted by atomic mass is 19.3. The fourth-order valence-electron chi connectivity index (χ4n) is 0.864. The van der Waals surface area contributed by atoms with Gasteiger partial charge in [0.15, 0.2) is 0 Å². The Bertz CT molecular complexity index is 460. The Kier molecular flexibility index (Phi) is 5.38. The molecule has 0 aliphatic carbocycles. The van der Waals surface area contributed by atoms with E-state index >= 15 is 0 Å². The molecule has 1 aliphatic heterocycles. The fraction of sp³-hybridized carbons (Fsp3) is 0.500. The van der Waals surface area contributed by atoms with Gasteiger partial charge in [0.05, 0.1) is 22.8 Å². The molecule has 124 valence electrons.